The van der Waals surface area contributed by atoms with Crippen molar-refractivity contribution in [1.29, 1.82) is 0 Å². The molecule has 0 radical (unpaired) electrons. The van der Waals surface area contributed by atoms with Gasteiger partial charge in [-0.3, -0.25) is 9.59 Å². The molecule has 0 aliphatic carbocycles. The molecular formula is C26H23FN2O2. The molecule has 1 heterocycles. The summed E-state index contributed by atoms with van der Waals surface area (Å²) in [5.74, 6) is -1.50. The largest absolute Gasteiger partial charge is 0.350 e. The molecule has 4 rings (SSSR count). The number of carbonyl (C=O) groups excluding carboxylic acids is 2. The summed E-state index contributed by atoms with van der Waals surface area (Å²) in [6.45, 7) is 7.89. The summed E-state index contributed by atoms with van der Waals surface area (Å²) in [6, 6.07) is 16.9. The summed E-state index contributed by atoms with van der Waals surface area (Å²) >= 11 is 0. The average molecular weight is 414 g/mol. The molecule has 156 valence electrons. The maximum absolute atomic E-state index is 13.9. The minimum atomic E-state index is -0.512. The molecule has 3 aromatic carbocycles. The lowest BCUT2D eigenvalue weighted by molar-refractivity contribution is -0.120. The highest BCUT2D eigenvalue weighted by Crippen LogP contribution is 2.35. The van der Waals surface area contributed by atoms with Crippen molar-refractivity contribution >= 4 is 28.8 Å². The predicted molar refractivity (Wildman–Crippen MR) is 121 cm³/mol. The second kappa shape index (κ2) is 7.84. The van der Waals surface area contributed by atoms with E-state index in [1.807, 2.05) is 64.1 Å². The lowest BCUT2D eigenvalue weighted by Gasteiger charge is -2.16. The van der Waals surface area contributed by atoms with E-state index in [4.69, 9.17) is 0 Å². The first-order chi connectivity index (χ1) is 14.8. The minimum Gasteiger partial charge on any atom is -0.350 e. The van der Waals surface area contributed by atoms with Crippen molar-refractivity contribution in [1.82, 2.24) is 0 Å². The van der Waals surface area contributed by atoms with Gasteiger partial charge in [-0.05, 0) is 79.8 Å². The van der Waals surface area contributed by atoms with Crippen LogP contribution in [0.4, 0.5) is 15.8 Å². The molecule has 0 atom stereocenters. The lowest BCUT2D eigenvalue weighted by atomic mass is 9.99. The molecule has 1 aliphatic rings. The molecule has 1 N–H and O–H groups in total. The van der Waals surface area contributed by atoms with Crippen LogP contribution >= 0.6 is 0 Å². The van der Waals surface area contributed by atoms with Crippen LogP contribution in [0.1, 0.15) is 27.8 Å². The highest BCUT2D eigenvalue weighted by molar-refractivity contribution is 6.46. The van der Waals surface area contributed by atoms with Crippen molar-refractivity contribution in [2.24, 2.45) is 0 Å². The minimum absolute atomic E-state index is 0.186. The zero-order valence-corrected chi connectivity index (χ0v) is 17.9. The lowest BCUT2D eigenvalue weighted by Crippen LogP contribution is -2.32. The fourth-order valence-corrected chi connectivity index (χ4v) is 3.68. The van der Waals surface area contributed by atoms with Gasteiger partial charge in [0.25, 0.3) is 11.8 Å². The number of imide groups is 1. The first-order valence-corrected chi connectivity index (χ1v) is 10.1. The zero-order chi connectivity index (χ0) is 22.3. The molecule has 4 nitrogen and oxygen atoms in total. The van der Waals surface area contributed by atoms with Crippen molar-refractivity contribution in [3.05, 3.63) is 100.0 Å². The van der Waals surface area contributed by atoms with Gasteiger partial charge in [0.2, 0.25) is 0 Å². The average Bonchev–Trinajstić information content (AvgIpc) is 2.97. The van der Waals surface area contributed by atoms with E-state index in [1.54, 1.807) is 6.07 Å². The molecular weight excluding hydrogens is 391 g/mol. The normalized spacial score (nSPS) is 13.9. The van der Waals surface area contributed by atoms with Crippen LogP contribution in [0.3, 0.4) is 0 Å². The van der Waals surface area contributed by atoms with E-state index < -0.39 is 17.6 Å². The molecule has 1 aliphatic heterocycles. The number of carbonyl (C=O) groups is 2. The Morgan fingerprint density at radius 3 is 2.23 bits per heavy atom. The zero-order valence-electron chi connectivity index (χ0n) is 17.9. The van der Waals surface area contributed by atoms with Crippen molar-refractivity contribution in [3.8, 4) is 0 Å². The van der Waals surface area contributed by atoms with Crippen LogP contribution in [0.2, 0.25) is 0 Å². The van der Waals surface area contributed by atoms with E-state index in [2.05, 4.69) is 5.32 Å². The van der Waals surface area contributed by atoms with Gasteiger partial charge in [-0.25, -0.2) is 9.29 Å². The van der Waals surface area contributed by atoms with E-state index in [9.17, 15) is 14.0 Å². The van der Waals surface area contributed by atoms with E-state index in [0.717, 1.165) is 32.8 Å². The van der Waals surface area contributed by atoms with Gasteiger partial charge in [-0.15, -0.1) is 0 Å². The van der Waals surface area contributed by atoms with Gasteiger partial charge in [-0.1, -0.05) is 36.4 Å². The number of hydrogen-bond donors (Lipinski definition) is 1. The summed E-state index contributed by atoms with van der Waals surface area (Å²) in [5.41, 5.74) is 6.22. The van der Waals surface area contributed by atoms with Crippen LogP contribution in [0.25, 0.3) is 5.57 Å². The number of hydrogen-bond acceptors (Lipinski definition) is 3. The molecule has 0 bridgehead atoms. The Balaban J connectivity index is 1.88. The molecule has 3 aromatic rings. The molecule has 0 aromatic heterocycles. The maximum Gasteiger partial charge on any atom is 0.282 e. The van der Waals surface area contributed by atoms with Gasteiger partial charge in [0.05, 0.1) is 11.3 Å². The molecule has 0 unspecified atom stereocenters. The van der Waals surface area contributed by atoms with E-state index >= 15 is 0 Å². The smallest absolute Gasteiger partial charge is 0.282 e. The van der Waals surface area contributed by atoms with Crippen molar-refractivity contribution < 1.29 is 14.0 Å². The molecule has 0 spiro atoms. The Kier molecular flexibility index (Phi) is 5.19. The number of nitrogens with zero attached hydrogens (tertiary/aromatic N) is 1. The first-order valence-electron chi connectivity index (χ1n) is 10.1. The number of benzene rings is 3. The summed E-state index contributed by atoms with van der Waals surface area (Å²) in [4.78, 5) is 27.9. The van der Waals surface area contributed by atoms with Crippen LogP contribution in [-0.2, 0) is 9.59 Å². The Bertz CT molecular complexity index is 1260. The summed E-state index contributed by atoms with van der Waals surface area (Å²) < 4.78 is 13.9. The number of amides is 2. The monoisotopic (exact) mass is 414 g/mol. The third kappa shape index (κ3) is 3.63. The van der Waals surface area contributed by atoms with Gasteiger partial charge in [0.15, 0.2) is 0 Å². The van der Waals surface area contributed by atoms with Crippen LogP contribution < -0.4 is 10.2 Å². The molecule has 2 amide bonds. The van der Waals surface area contributed by atoms with Gasteiger partial charge < -0.3 is 5.32 Å². The Morgan fingerprint density at radius 1 is 0.774 bits per heavy atom. The van der Waals surface area contributed by atoms with E-state index in [-0.39, 0.29) is 17.0 Å². The quantitative estimate of drug-likeness (QED) is 0.577. The fourth-order valence-electron chi connectivity index (χ4n) is 3.68. The van der Waals surface area contributed by atoms with Crippen LogP contribution in [0.15, 0.2) is 66.4 Å². The highest BCUT2D eigenvalue weighted by atomic mass is 19.1. The molecule has 31 heavy (non-hydrogen) atoms. The van der Waals surface area contributed by atoms with Gasteiger partial charge in [0, 0.05) is 5.69 Å². The van der Waals surface area contributed by atoms with E-state index in [1.165, 1.54) is 18.2 Å². The predicted octanol–water partition coefficient (Wildman–Crippen LogP) is 5.46. The maximum atomic E-state index is 13.9. The Morgan fingerprint density at radius 2 is 1.52 bits per heavy atom. The van der Waals surface area contributed by atoms with Crippen LogP contribution in [0, 0.1) is 33.5 Å². The summed E-state index contributed by atoms with van der Waals surface area (Å²) in [5, 5.41) is 3.20. The first kappa shape index (κ1) is 20.5. The van der Waals surface area contributed by atoms with Gasteiger partial charge in [0.1, 0.15) is 11.5 Å². The van der Waals surface area contributed by atoms with Crippen molar-refractivity contribution in [2.75, 3.05) is 10.2 Å². The van der Waals surface area contributed by atoms with Crippen LogP contribution in [0.5, 0.6) is 0 Å². The number of rotatable bonds is 4. The summed E-state index contributed by atoms with van der Waals surface area (Å²) in [6.07, 6.45) is 0. The topological polar surface area (TPSA) is 49.4 Å². The van der Waals surface area contributed by atoms with Crippen molar-refractivity contribution in [3.63, 3.8) is 0 Å². The van der Waals surface area contributed by atoms with Crippen molar-refractivity contribution in [2.45, 2.75) is 27.7 Å². The standard InChI is InChI=1S/C26H23FN2O2/c1-15-11-12-19(13-17(15)3)23-24(28-22-10-5-7-16(2)18(22)4)26(31)29(25(23)30)21-9-6-8-20(27)14-21/h5-14,28H,1-4H3. The number of aryl methyl sites for hydroxylation is 3. The second-order valence-electron chi connectivity index (χ2n) is 7.85. The highest BCUT2D eigenvalue weighted by Gasteiger charge is 2.40. The number of halogens is 1. The third-order valence-electron chi connectivity index (χ3n) is 5.81. The summed E-state index contributed by atoms with van der Waals surface area (Å²) in [7, 11) is 0. The second-order valence-corrected chi connectivity index (χ2v) is 7.85. The number of anilines is 2. The fraction of sp³-hybridized carbons (Fsp3) is 0.154. The molecule has 5 heteroatoms. The van der Waals surface area contributed by atoms with E-state index in [0.29, 0.717) is 5.56 Å². The molecule has 0 fully saturated rings. The Labute approximate surface area is 181 Å². The third-order valence-corrected chi connectivity index (χ3v) is 5.81. The number of nitrogens with one attached hydrogen (secondary N) is 1. The Hall–Kier alpha value is -3.73. The van der Waals surface area contributed by atoms with Gasteiger partial charge >= 0.3 is 0 Å². The van der Waals surface area contributed by atoms with Crippen LogP contribution in [-0.4, -0.2) is 11.8 Å². The van der Waals surface area contributed by atoms with Gasteiger partial charge in [-0.2, -0.15) is 0 Å². The molecule has 0 saturated heterocycles. The SMILES string of the molecule is Cc1ccc(C2=C(Nc3cccc(C)c3C)C(=O)N(c3cccc(F)c3)C2=O)cc1C. The molecule has 0 saturated carbocycles.